The lowest BCUT2D eigenvalue weighted by molar-refractivity contribution is -0.141. The lowest BCUT2D eigenvalue weighted by atomic mass is 10.0. The summed E-state index contributed by atoms with van der Waals surface area (Å²) in [5, 5.41) is 9.17. The molecule has 2 aliphatic rings. The molecule has 13 nitrogen and oxygen atoms in total. The van der Waals surface area contributed by atoms with Crippen LogP contribution in [0.25, 0.3) is 0 Å². The number of nitrogens with zero attached hydrogens (tertiary/aromatic N) is 5. The fraction of sp³-hybridized carbons (Fsp3) is 0.469. The molecular weight excluding hydrogens is 923 g/mol. The third kappa shape index (κ3) is 15.9. The second-order valence-corrected chi connectivity index (χ2v) is 17.4. The van der Waals surface area contributed by atoms with E-state index in [1.165, 1.54) is 12.1 Å². The largest absolute Gasteiger partial charge is 0.491 e. The topological polar surface area (TPSA) is 153 Å². The minimum absolute atomic E-state index is 0.00823. The van der Waals surface area contributed by atoms with Crippen molar-refractivity contribution in [1.29, 1.82) is 5.26 Å². The highest BCUT2D eigenvalue weighted by Crippen LogP contribution is 2.37. The summed E-state index contributed by atoms with van der Waals surface area (Å²) in [5.41, 5.74) is 2.88. The van der Waals surface area contributed by atoms with Crippen LogP contribution in [0.2, 0.25) is 0 Å². The van der Waals surface area contributed by atoms with Crippen molar-refractivity contribution in [2.24, 2.45) is 5.92 Å². The molecule has 66 heavy (non-hydrogen) atoms. The standard InChI is InChI=1S/C49H55BrF3N5O8/c1-33-21-47(38(23-46(33)50)22-42(60)24-39-28-55-34(2)27-56-39)66-32-44-31-57(14-16-64-44)48(61)13-15-62-17-18-63-19-20-65-43-11-6-35(7-12-43)5-10-41(59)30-58(29-36-3-4-36)40-9-8-37(26-54)45(25-40)49(51,52)53/h6-9,11-12,21,23,25,27-28,36,44H,3-5,10,13-20,22,24,29-32H2,1-2H3/t44-/m0/s1. The first-order chi connectivity index (χ1) is 31.7. The zero-order valence-electron chi connectivity index (χ0n) is 37.2. The van der Waals surface area contributed by atoms with E-state index in [4.69, 9.17) is 28.9 Å². The summed E-state index contributed by atoms with van der Waals surface area (Å²) in [6.45, 7) is 7.26. The number of morpholine rings is 1. The Morgan fingerprint density at radius 3 is 2.38 bits per heavy atom. The quantitative estimate of drug-likeness (QED) is 0.0601. The Balaban J connectivity index is 0.824. The third-order valence-electron chi connectivity index (χ3n) is 11.1. The van der Waals surface area contributed by atoms with Gasteiger partial charge in [-0.05, 0) is 92.6 Å². The zero-order valence-corrected chi connectivity index (χ0v) is 38.8. The fourth-order valence-electron chi connectivity index (χ4n) is 7.31. The van der Waals surface area contributed by atoms with Crippen molar-refractivity contribution >= 4 is 39.1 Å². The molecule has 1 aliphatic heterocycles. The lowest BCUT2D eigenvalue weighted by Gasteiger charge is -2.33. The van der Waals surface area contributed by atoms with E-state index in [0.29, 0.717) is 82.2 Å². The third-order valence-corrected chi connectivity index (χ3v) is 12.0. The Labute approximate surface area is 391 Å². The van der Waals surface area contributed by atoms with Crippen LogP contribution < -0.4 is 14.4 Å². The molecular formula is C49H55BrF3N5O8. The van der Waals surface area contributed by atoms with Crippen LogP contribution in [0.3, 0.4) is 0 Å². The molecule has 0 unspecified atom stereocenters. The predicted molar refractivity (Wildman–Crippen MR) is 242 cm³/mol. The average Bonchev–Trinajstić information content (AvgIpc) is 4.13. The van der Waals surface area contributed by atoms with Crippen LogP contribution in [-0.4, -0.2) is 111 Å². The van der Waals surface area contributed by atoms with Crippen molar-refractivity contribution in [3.05, 3.63) is 111 Å². The molecule has 1 amide bonds. The number of alkyl halides is 3. The summed E-state index contributed by atoms with van der Waals surface area (Å²) in [5.74, 6) is 1.43. The summed E-state index contributed by atoms with van der Waals surface area (Å²) in [6.07, 6.45) is 1.44. The first-order valence-electron chi connectivity index (χ1n) is 22.1. The molecule has 1 saturated carbocycles. The maximum absolute atomic E-state index is 13.6. The molecule has 0 N–H and O–H groups in total. The Hall–Kier alpha value is -5.41. The Morgan fingerprint density at radius 1 is 0.909 bits per heavy atom. The highest BCUT2D eigenvalue weighted by Gasteiger charge is 2.35. The molecule has 352 valence electrons. The number of carbonyl (C=O) groups excluding carboxylic acids is 3. The molecule has 0 radical (unpaired) electrons. The molecule has 1 aliphatic carbocycles. The summed E-state index contributed by atoms with van der Waals surface area (Å²) in [4.78, 5) is 50.9. The SMILES string of the molecule is Cc1cnc(CC(=O)Cc2cc(Br)c(C)cc2OC[C@@H]2CN(C(=O)CCOCCOCCOc3ccc(CCC(=O)CN(CC4CC4)c4ccc(C#N)c(C(F)(F)F)c4)cc3)CCO2)cn1. The number of carbonyl (C=O) groups is 3. The van der Waals surface area contributed by atoms with Gasteiger partial charge in [-0.25, -0.2) is 0 Å². The molecule has 3 aromatic carbocycles. The van der Waals surface area contributed by atoms with E-state index in [0.717, 1.165) is 45.8 Å². The van der Waals surface area contributed by atoms with Crippen molar-refractivity contribution in [3.8, 4) is 17.6 Å². The first-order valence-corrected chi connectivity index (χ1v) is 22.9. The predicted octanol–water partition coefficient (Wildman–Crippen LogP) is 7.63. The maximum atomic E-state index is 13.6. The van der Waals surface area contributed by atoms with Crippen LogP contribution in [-0.2, 0) is 54.0 Å². The van der Waals surface area contributed by atoms with Crippen molar-refractivity contribution < 1.29 is 51.2 Å². The lowest BCUT2D eigenvalue weighted by Crippen LogP contribution is -2.47. The first kappa shape index (κ1) is 50.0. The van der Waals surface area contributed by atoms with Crippen molar-refractivity contribution in [3.63, 3.8) is 0 Å². The summed E-state index contributed by atoms with van der Waals surface area (Å²) in [6, 6.07) is 16.4. The molecule has 6 rings (SSSR count). The number of amides is 1. The van der Waals surface area contributed by atoms with Gasteiger partial charge in [-0.3, -0.25) is 24.4 Å². The minimum atomic E-state index is -4.67. The molecule has 4 aromatic rings. The molecule has 17 heteroatoms. The Kier molecular flexibility index (Phi) is 18.5. The number of Topliss-reactive ketones (excluding diaryl/α,β-unsaturated/α-hetero) is 2. The van der Waals surface area contributed by atoms with Gasteiger partial charge in [0.25, 0.3) is 0 Å². The number of aromatic nitrogens is 2. The second kappa shape index (κ2) is 24.4. The van der Waals surface area contributed by atoms with Gasteiger partial charge in [0, 0.05) is 54.0 Å². The van der Waals surface area contributed by atoms with Crippen LogP contribution in [0.5, 0.6) is 11.5 Å². The Morgan fingerprint density at radius 2 is 1.67 bits per heavy atom. The molecule has 0 bridgehead atoms. The van der Waals surface area contributed by atoms with Crippen molar-refractivity contribution in [2.45, 2.75) is 71.1 Å². The molecule has 0 spiro atoms. The average molecular weight is 979 g/mol. The van der Waals surface area contributed by atoms with Crippen LogP contribution >= 0.6 is 15.9 Å². The number of rotatable bonds is 25. The van der Waals surface area contributed by atoms with E-state index in [-0.39, 0.29) is 74.7 Å². The van der Waals surface area contributed by atoms with E-state index in [2.05, 4.69) is 25.9 Å². The van der Waals surface area contributed by atoms with Gasteiger partial charge in [0.05, 0.1) is 87.5 Å². The van der Waals surface area contributed by atoms with Crippen molar-refractivity contribution in [2.75, 3.05) is 77.3 Å². The van der Waals surface area contributed by atoms with Crippen LogP contribution in [0.1, 0.15) is 64.9 Å². The zero-order chi connectivity index (χ0) is 47.1. The summed E-state index contributed by atoms with van der Waals surface area (Å²) < 4.78 is 70.9. The highest BCUT2D eigenvalue weighted by atomic mass is 79.9. The number of aryl methyl sites for hydroxylation is 3. The van der Waals surface area contributed by atoms with E-state index >= 15 is 0 Å². The van der Waals surface area contributed by atoms with E-state index < -0.39 is 17.3 Å². The Bertz CT molecular complexity index is 2300. The molecule has 1 saturated heterocycles. The minimum Gasteiger partial charge on any atom is -0.491 e. The molecule has 1 atom stereocenters. The van der Waals surface area contributed by atoms with E-state index in [1.54, 1.807) is 28.3 Å². The van der Waals surface area contributed by atoms with E-state index in [1.807, 2.05) is 50.2 Å². The molecule has 2 heterocycles. The van der Waals surface area contributed by atoms with Gasteiger partial charge in [-0.1, -0.05) is 28.1 Å². The molecule has 2 fully saturated rings. The number of benzene rings is 3. The second-order valence-electron chi connectivity index (χ2n) is 16.6. The van der Waals surface area contributed by atoms with Gasteiger partial charge in [-0.2, -0.15) is 18.4 Å². The summed E-state index contributed by atoms with van der Waals surface area (Å²) >= 11 is 3.57. The number of halogens is 4. The van der Waals surface area contributed by atoms with Gasteiger partial charge in [0.1, 0.15) is 36.6 Å². The number of nitriles is 1. The van der Waals surface area contributed by atoms with Gasteiger partial charge in [0.15, 0.2) is 5.78 Å². The van der Waals surface area contributed by atoms with Gasteiger partial charge in [-0.15, -0.1) is 0 Å². The molecule has 1 aromatic heterocycles. The van der Waals surface area contributed by atoms with Crippen LogP contribution in [0, 0.1) is 31.1 Å². The van der Waals surface area contributed by atoms with Crippen LogP contribution in [0.15, 0.2) is 71.5 Å². The van der Waals surface area contributed by atoms with Gasteiger partial charge >= 0.3 is 6.18 Å². The smallest absolute Gasteiger partial charge is 0.417 e. The number of hydrogen-bond donors (Lipinski definition) is 0. The number of ether oxygens (including phenoxy) is 5. The van der Waals surface area contributed by atoms with Gasteiger partial charge < -0.3 is 33.5 Å². The van der Waals surface area contributed by atoms with Crippen molar-refractivity contribution in [1.82, 2.24) is 14.9 Å². The van der Waals surface area contributed by atoms with Gasteiger partial charge in [0.2, 0.25) is 5.91 Å². The van der Waals surface area contributed by atoms with Crippen LogP contribution in [0.4, 0.5) is 18.9 Å². The fourth-order valence-corrected chi connectivity index (χ4v) is 7.70. The number of ketones is 2. The highest BCUT2D eigenvalue weighted by molar-refractivity contribution is 9.10. The normalized spacial score (nSPS) is 15.0. The summed E-state index contributed by atoms with van der Waals surface area (Å²) in [7, 11) is 0. The maximum Gasteiger partial charge on any atom is 0.417 e. The monoisotopic (exact) mass is 977 g/mol. The number of hydrogen-bond acceptors (Lipinski definition) is 12. The van der Waals surface area contributed by atoms with E-state index in [9.17, 15) is 27.6 Å². The number of anilines is 1.